The van der Waals surface area contributed by atoms with Crippen LogP contribution in [0.1, 0.15) is 18.4 Å². The highest BCUT2D eigenvalue weighted by Crippen LogP contribution is 2.49. The summed E-state index contributed by atoms with van der Waals surface area (Å²) in [6.07, 6.45) is 2.96. The normalized spacial score (nSPS) is 20.4. The minimum absolute atomic E-state index is 0.277. The molecule has 0 amide bonds. The highest BCUT2D eigenvalue weighted by atomic mass is 19.3. The number of halogens is 2. The van der Waals surface area contributed by atoms with Gasteiger partial charge < -0.3 is 5.73 Å². The van der Waals surface area contributed by atoms with Crippen LogP contribution in [0, 0.1) is 0 Å². The Morgan fingerprint density at radius 3 is 2.33 bits per heavy atom. The van der Waals surface area contributed by atoms with Crippen molar-refractivity contribution in [1.29, 1.82) is 0 Å². The molecule has 3 nitrogen and oxygen atoms in total. The molecular formula is C13H13F2N3. The van der Waals surface area contributed by atoms with Crippen LogP contribution in [0.15, 0.2) is 42.7 Å². The lowest BCUT2D eigenvalue weighted by molar-refractivity contribution is -0.125. The van der Waals surface area contributed by atoms with Gasteiger partial charge in [-0.2, -0.15) is 5.10 Å². The molecule has 18 heavy (non-hydrogen) atoms. The number of alkyl halides is 2. The summed E-state index contributed by atoms with van der Waals surface area (Å²) in [5, 5.41) is 4.10. The van der Waals surface area contributed by atoms with Crippen molar-refractivity contribution in [3.05, 3.63) is 48.3 Å². The van der Waals surface area contributed by atoms with Crippen LogP contribution in [0.5, 0.6) is 0 Å². The van der Waals surface area contributed by atoms with Gasteiger partial charge in [0, 0.05) is 25.2 Å². The van der Waals surface area contributed by atoms with E-state index in [1.807, 2.05) is 24.4 Å². The van der Waals surface area contributed by atoms with Gasteiger partial charge in [0.05, 0.1) is 11.2 Å². The van der Waals surface area contributed by atoms with Gasteiger partial charge in [-0.05, 0) is 23.8 Å². The summed E-state index contributed by atoms with van der Waals surface area (Å²) in [6.45, 7) is 0. The van der Waals surface area contributed by atoms with E-state index < -0.39 is 11.5 Å². The Morgan fingerprint density at radius 1 is 1.17 bits per heavy atom. The molecule has 0 saturated heterocycles. The molecule has 1 aromatic heterocycles. The zero-order valence-electron chi connectivity index (χ0n) is 9.68. The van der Waals surface area contributed by atoms with Crippen molar-refractivity contribution >= 4 is 0 Å². The maximum atomic E-state index is 12.9. The van der Waals surface area contributed by atoms with Crippen LogP contribution in [-0.4, -0.2) is 15.7 Å². The Morgan fingerprint density at radius 2 is 1.83 bits per heavy atom. The Bertz CT molecular complexity index is 538. The molecule has 0 unspecified atom stereocenters. The fourth-order valence-electron chi connectivity index (χ4n) is 2.44. The second-order valence-electron chi connectivity index (χ2n) is 4.86. The maximum Gasteiger partial charge on any atom is 0.252 e. The predicted octanol–water partition coefficient (Wildman–Crippen LogP) is 2.46. The molecule has 94 valence electrons. The van der Waals surface area contributed by atoms with E-state index in [-0.39, 0.29) is 12.8 Å². The molecule has 1 heterocycles. The summed E-state index contributed by atoms with van der Waals surface area (Å²) in [4.78, 5) is 0. The minimum atomic E-state index is -2.62. The first kappa shape index (κ1) is 11.3. The highest BCUT2D eigenvalue weighted by molar-refractivity contribution is 5.38. The number of benzene rings is 1. The summed E-state index contributed by atoms with van der Waals surface area (Å²) >= 11 is 0. The average molecular weight is 249 g/mol. The molecule has 0 spiro atoms. The van der Waals surface area contributed by atoms with Gasteiger partial charge in [0.1, 0.15) is 0 Å². The SMILES string of the molecule is NC1(c2ccc(-n3cccn3)cc2)CC(F)(F)C1. The van der Waals surface area contributed by atoms with E-state index in [4.69, 9.17) is 5.73 Å². The fourth-order valence-corrected chi connectivity index (χ4v) is 2.44. The summed E-state index contributed by atoms with van der Waals surface area (Å²) in [6, 6.07) is 9.10. The van der Waals surface area contributed by atoms with Crippen LogP contribution in [0.25, 0.3) is 5.69 Å². The van der Waals surface area contributed by atoms with Crippen molar-refractivity contribution < 1.29 is 8.78 Å². The third-order valence-corrected chi connectivity index (χ3v) is 3.36. The predicted molar refractivity (Wildman–Crippen MR) is 63.6 cm³/mol. The van der Waals surface area contributed by atoms with Crippen molar-refractivity contribution in [2.24, 2.45) is 5.73 Å². The number of hydrogen-bond acceptors (Lipinski definition) is 2. The number of nitrogens with zero attached hydrogens (tertiary/aromatic N) is 2. The van der Waals surface area contributed by atoms with E-state index in [1.165, 1.54) is 0 Å². The third kappa shape index (κ3) is 1.80. The lowest BCUT2D eigenvalue weighted by Gasteiger charge is -2.44. The van der Waals surface area contributed by atoms with Gasteiger partial charge >= 0.3 is 0 Å². The largest absolute Gasteiger partial charge is 0.321 e. The van der Waals surface area contributed by atoms with E-state index in [0.717, 1.165) is 11.3 Å². The van der Waals surface area contributed by atoms with Crippen molar-refractivity contribution in [2.45, 2.75) is 24.3 Å². The van der Waals surface area contributed by atoms with Crippen molar-refractivity contribution in [3.8, 4) is 5.69 Å². The second-order valence-corrected chi connectivity index (χ2v) is 4.86. The maximum absolute atomic E-state index is 12.9. The molecular weight excluding hydrogens is 236 g/mol. The number of nitrogens with two attached hydrogens (primary N) is 1. The molecule has 1 aliphatic rings. The molecule has 5 heteroatoms. The Balaban J connectivity index is 1.84. The van der Waals surface area contributed by atoms with Gasteiger partial charge in [-0.15, -0.1) is 0 Å². The van der Waals surface area contributed by atoms with Crippen LogP contribution >= 0.6 is 0 Å². The average Bonchev–Trinajstić information content (AvgIpc) is 2.80. The van der Waals surface area contributed by atoms with Gasteiger partial charge in [-0.25, -0.2) is 13.5 Å². The lowest BCUT2D eigenvalue weighted by Crippen LogP contribution is -2.55. The van der Waals surface area contributed by atoms with Gasteiger partial charge in [0.25, 0.3) is 5.92 Å². The fraction of sp³-hybridized carbons (Fsp3) is 0.308. The standard InChI is InChI=1S/C13H13F2N3/c14-13(15)8-12(16,9-13)10-2-4-11(5-3-10)18-7-1-6-17-18/h1-7H,8-9,16H2. The van der Waals surface area contributed by atoms with Crippen molar-refractivity contribution in [3.63, 3.8) is 0 Å². The molecule has 3 rings (SSSR count). The van der Waals surface area contributed by atoms with Crippen LogP contribution in [-0.2, 0) is 5.54 Å². The molecule has 0 bridgehead atoms. The van der Waals surface area contributed by atoms with Gasteiger partial charge in [-0.1, -0.05) is 12.1 Å². The number of aromatic nitrogens is 2. The summed E-state index contributed by atoms with van der Waals surface area (Å²) in [7, 11) is 0. The Hall–Kier alpha value is -1.75. The van der Waals surface area contributed by atoms with Crippen LogP contribution in [0.2, 0.25) is 0 Å². The second kappa shape index (κ2) is 3.62. The van der Waals surface area contributed by atoms with Crippen LogP contribution in [0.3, 0.4) is 0 Å². The quantitative estimate of drug-likeness (QED) is 0.888. The smallest absolute Gasteiger partial charge is 0.252 e. The van der Waals surface area contributed by atoms with Crippen LogP contribution in [0.4, 0.5) is 8.78 Å². The van der Waals surface area contributed by atoms with Crippen LogP contribution < -0.4 is 5.73 Å². The monoisotopic (exact) mass is 249 g/mol. The number of hydrogen-bond donors (Lipinski definition) is 1. The summed E-state index contributed by atoms with van der Waals surface area (Å²) in [5.74, 6) is -2.62. The molecule has 1 aliphatic carbocycles. The van der Waals surface area contributed by atoms with Gasteiger partial charge in [-0.3, -0.25) is 0 Å². The molecule has 2 N–H and O–H groups in total. The van der Waals surface area contributed by atoms with E-state index in [1.54, 1.807) is 23.0 Å². The molecule has 0 atom stereocenters. The van der Waals surface area contributed by atoms with Crippen molar-refractivity contribution in [2.75, 3.05) is 0 Å². The summed E-state index contributed by atoms with van der Waals surface area (Å²) in [5.41, 5.74) is 6.72. The Kier molecular flexibility index (Phi) is 2.28. The van der Waals surface area contributed by atoms with E-state index in [2.05, 4.69) is 5.10 Å². The zero-order valence-corrected chi connectivity index (χ0v) is 9.68. The molecule has 1 aromatic carbocycles. The molecule has 0 aliphatic heterocycles. The van der Waals surface area contributed by atoms with E-state index >= 15 is 0 Å². The lowest BCUT2D eigenvalue weighted by atomic mass is 9.70. The molecule has 2 aromatic rings. The zero-order chi connectivity index (χ0) is 12.8. The summed E-state index contributed by atoms with van der Waals surface area (Å²) < 4.78 is 27.6. The molecule has 0 radical (unpaired) electrons. The third-order valence-electron chi connectivity index (χ3n) is 3.36. The highest BCUT2D eigenvalue weighted by Gasteiger charge is 2.55. The Labute approximate surface area is 103 Å². The molecule has 1 saturated carbocycles. The van der Waals surface area contributed by atoms with Crippen molar-refractivity contribution in [1.82, 2.24) is 9.78 Å². The first-order valence-electron chi connectivity index (χ1n) is 5.76. The van der Waals surface area contributed by atoms with E-state index in [9.17, 15) is 8.78 Å². The first-order valence-corrected chi connectivity index (χ1v) is 5.76. The minimum Gasteiger partial charge on any atom is -0.321 e. The topological polar surface area (TPSA) is 43.8 Å². The van der Waals surface area contributed by atoms with Gasteiger partial charge in [0.15, 0.2) is 0 Å². The molecule has 1 fully saturated rings. The van der Waals surface area contributed by atoms with E-state index in [0.29, 0.717) is 0 Å². The number of rotatable bonds is 2. The first-order chi connectivity index (χ1) is 8.49. The van der Waals surface area contributed by atoms with Gasteiger partial charge in [0.2, 0.25) is 0 Å².